The van der Waals surface area contributed by atoms with Crippen LogP contribution in [0.2, 0.25) is 0 Å². The summed E-state index contributed by atoms with van der Waals surface area (Å²) < 4.78 is 10.8. The molecule has 3 rings (SSSR count). The molecule has 0 atom stereocenters. The van der Waals surface area contributed by atoms with Gasteiger partial charge in [0.15, 0.2) is 11.5 Å². The van der Waals surface area contributed by atoms with Crippen LogP contribution in [0, 0.1) is 5.41 Å². The molecule has 1 aromatic carbocycles. The minimum absolute atomic E-state index is 0.173. The van der Waals surface area contributed by atoms with E-state index in [0.29, 0.717) is 17.9 Å². The molecular weight excluding hydrogens is 342 g/mol. The highest BCUT2D eigenvalue weighted by Crippen LogP contribution is 2.40. The highest BCUT2D eigenvalue weighted by Gasteiger charge is 2.45. The Balaban J connectivity index is 2.02. The molecule has 2 aliphatic rings. The number of piperidine rings is 1. The first-order valence-electron chi connectivity index (χ1n) is 9.92. The number of hydrogen-bond donors (Lipinski definition) is 1. The van der Waals surface area contributed by atoms with Gasteiger partial charge in [0.2, 0.25) is 5.91 Å². The lowest BCUT2D eigenvalue weighted by molar-refractivity contribution is -0.146. The van der Waals surface area contributed by atoms with E-state index in [-0.39, 0.29) is 17.4 Å². The Kier molecular flexibility index (Phi) is 6.05. The van der Waals surface area contributed by atoms with Crippen LogP contribution >= 0.6 is 0 Å². The highest BCUT2D eigenvalue weighted by molar-refractivity contribution is 6.06. The van der Waals surface area contributed by atoms with Gasteiger partial charge in [0.05, 0.1) is 31.4 Å². The Morgan fingerprint density at radius 3 is 2.41 bits per heavy atom. The van der Waals surface area contributed by atoms with Crippen LogP contribution in [0.25, 0.3) is 0 Å². The Morgan fingerprint density at radius 1 is 1.15 bits per heavy atom. The number of nitrogens with zero attached hydrogens (tertiary/aromatic N) is 2. The third-order valence-corrected chi connectivity index (χ3v) is 6.12. The van der Waals surface area contributed by atoms with Crippen molar-refractivity contribution in [3.8, 4) is 11.5 Å². The van der Waals surface area contributed by atoms with E-state index in [1.54, 1.807) is 19.2 Å². The van der Waals surface area contributed by atoms with E-state index in [9.17, 15) is 4.79 Å². The molecule has 0 saturated carbocycles. The molecule has 148 valence electrons. The lowest BCUT2D eigenvalue weighted by Gasteiger charge is -2.42. The zero-order chi connectivity index (χ0) is 19.4. The van der Waals surface area contributed by atoms with Crippen LogP contribution in [0.3, 0.4) is 0 Å². The topological polar surface area (TPSA) is 63.2 Å². The van der Waals surface area contributed by atoms with Crippen LogP contribution < -0.4 is 14.8 Å². The van der Waals surface area contributed by atoms with E-state index in [1.165, 1.54) is 0 Å². The molecule has 0 unspecified atom stereocenters. The average Bonchev–Trinajstić information content (AvgIpc) is 2.74. The summed E-state index contributed by atoms with van der Waals surface area (Å²) >= 11 is 0. The first-order chi connectivity index (χ1) is 13.1. The van der Waals surface area contributed by atoms with Crippen molar-refractivity contribution in [2.75, 3.05) is 27.3 Å². The Hall–Kier alpha value is -2.08. The number of carbonyl (C=O) groups excluding carboxylic acids is 1. The van der Waals surface area contributed by atoms with Crippen molar-refractivity contribution in [1.82, 2.24) is 10.3 Å². The van der Waals surface area contributed by atoms with Gasteiger partial charge in [-0.1, -0.05) is 13.8 Å². The predicted molar refractivity (Wildman–Crippen MR) is 106 cm³/mol. The summed E-state index contributed by atoms with van der Waals surface area (Å²) in [5.74, 6) is 1.56. The van der Waals surface area contributed by atoms with Crippen molar-refractivity contribution in [3.05, 3.63) is 23.8 Å². The number of benzene rings is 1. The molecule has 1 saturated heterocycles. The smallest absolute Gasteiger partial charge is 0.249 e. The predicted octanol–water partition coefficient (Wildman–Crippen LogP) is 3.20. The number of hydrazone groups is 1. The zero-order valence-corrected chi connectivity index (χ0v) is 16.9. The minimum Gasteiger partial charge on any atom is -0.493 e. The summed E-state index contributed by atoms with van der Waals surface area (Å²) in [6, 6.07) is 6.05. The van der Waals surface area contributed by atoms with Crippen molar-refractivity contribution >= 4 is 11.6 Å². The molecule has 6 heteroatoms. The van der Waals surface area contributed by atoms with Crippen molar-refractivity contribution < 1.29 is 14.3 Å². The molecule has 0 radical (unpaired) electrons. The summed E-state index contributed by atoms with van der Waals surface area (Å²) in [6.45, 7) is 6.08. The summed E-state index contributed by atoms with van der Waals surface area (Å²) in [6.07, 6.45) is 4.18. The summed E-state index contributed by atoms with van der Waals surface area (Å²) in [4.78, 5) is 13.4. The third-order valence-electron chi connectivity index (χ3n) is 6.12. The van der Waals surface area contributed by atoms with Gasteiger partial charge in [-0.15, -0.1) is 0 Å². The minimum atomic E-state index is -0.380. The van der Waals surface area contributed by atoms with Crippen molar-refractivity contribution in [2.45, 2.75) is 52.0 Å². The Bertz CT molecular complexity index is 707. The number of nitrogens with one attached hydrogen (secondary N) is 1. The van der Waals surface area contributed by atoms with Crippen LogP contribution in [0.4, 0.5) is 0 Å². The Labute approximate surface area is 161 Å². The maximum atomic E-state index is 13.4. The Morgan fingerprint density at radius 2 is 1.81 bits per heavy atom. The molecule has 1 N–H and O–H groups in total. The number of carbonyl (C=O) groups is 1. The van der Waals surface area contributed by atoms with Crippen molar-refractivity contribution in [3.63, 3.8) is 0 Å². The van der Waals surface area contributed by atoms with E-state index in [0.717, 1.165) is 50.0 Å². The van der Waals surface area contributed by atoms with Gasteiger partial charge in [-0.2, -0.15) is 5.10 Å². The molecule has 0 bridgehead atoms. The quantitative estimate of drug-likeness (QED) is 0.832. The van der Waals surface area contributed by atoms with Gasteiger partial charge in [-0.25, -0.2) is 5.01 Å². The van der Waals surface area contributed by atoms with Crippen LogP contribution in [0.15, 0.2) is 23.3 Å². The number of amides is 1. The highest BCUT2D eigenvalue weighted by atomic mass is 16.5. The summed E-state index contributed by atoms with van der Waals surface area (Å²) in [7, 11) is 3.27. The molecule has 2 heterocycles. The monoisotopic (exact) mass is 373 g/mol. The SMILES string of the molecule is CCC1(CC)CC(c2ccc(OC)c(OC)c2)=NN(C2CCNCC2)C1=O. The fourth-order valence-corrected chi connectivity index (χ4v) is 4.13. The molecule has 27 heavy (non-hydrogen) atoms. The first-order valence-corrected chi connectivity index (χ1v) is 9.92. The first kappa shape index (κ1) is 19.7. The van der Waals surface area contributed by atoms with Crippen LogP contribution in [0.5, 0.6) is 11.5 Å². The van der Waals surface area contributed by atoms with Gasteiger partial charge in [0.1, 0.15) is 0 Å². The molecule has 0 aromatic heterocycles. The molecule has 0 aliphatic carbocycles. The maximum Gasteiger partial charge on any atom is 0.249 e. The van der Waals surface area contributed by atoms with Gasteiger partial charge in [-0.05, 0) is 57.0 Å². The van der Waals surface area contributed by atoms with Crippen LogP contribution in [0.1, 0.15) is 51.5 Å². The van der Waals surface area contributed by atoms with E-state index in [2.05, 4.69) is 19.2 Å². The standard InChI is InChI=1S/C21H31N3O3/c1-5-21(6-2)14-17(15-7-8-18(26-3)19(13-15)27-4)23-24(20(21)25)16-9-11-22-12-10-16/h7-8,13,16,22H,5-6,9-12,14H2,1-4H3. The summed E-state index contributed by atoms with van der Waals surface area (Å²) in [5.41, 5.74) is 1.57. The fraction of sp³-hybridized carbons (Fsp3) is 0.619. The average molecular weight is 373 g/mol. The second kappa shape index (κ2) is 8.30. The lowest BCUT2D eigenvalue weighted by atomic mass is 9.74. The zero-order valence-electron chi connectivity index (χ0n) is 16.9. The van der Waals surface area contributed by atoms with E-state index >= 15 is 0 Å². The molecule has 1 fully saturated rings. The molecule has 6 nitrogen and oxygen atoms in total. The van der Waals surface area contributed by atoms with Crippen LogP contribution in [-0.4, -0.2) is 50.0 Å². The van der Waals surface area contributed by atoms with E-state index < -0.39 is 0 Å². The largest absolute Gasteiger partial charge is 0.493 e. The third kappa shape index (κ3) is 3.68. The molecule has 1 amide bonds. The van der Waals surface area contributed by atoms with Crippen molar-refractivity contribution in [1.29, 1.82) is 0 Å². The van der Waals surface area contributed by atoms with Gasteiger partial charge in [0.25, 0.3) is 0 Å². The molecular formula is C21H31N3O3. The van der Waals surface area contributed by atoms with Crippen molar-refractivity contribution in [2.24, 2.45) is 10.5 Å². The van der Waals surface area contributed by atoms with Gasteiger partial charge in [0, 0.05) is 12.0 Å². The molecule has 0 spiro atoms. The van der Waals surface area contributed by atoms with E-state index in [1.807, 2.05) is 18.2 Å². The number of ether oxygens (including phenoxy) is 2. The number of rotatable bonds is 6. The maximum absolute atomic E-state index is 13.4. The van der Waals surface area contributed by atoms with Gasteiger partial charge >= 0.3 is 0 Å². The number of hydrogen-bond acceptors (Lipinski definition) is 5. The molecule has 1 aromatic rings. The normalized spacial score (nSPS) is 20.4. The molecule has 2 aliphatic heterocycles. The van der Waals surface area contributed by atoms with Gasteiger partial charge < -0.3 is 14.8 Å². The van der Waals surface area contributed by atoms with Crippen LogP contribution in [-0.2, 0) is 4.79 Å². The van der Waals surface area contributed by atoms with E-state index in [4.69, 9.17) is 14.6 Å². The number of methoxy groups -OCH3 is 2. The van der Waals surface area contributed by atoms with Gasteiger partial charge in [-0.3, -0.25) is 4.79 Å². The summed E-state index contributed by atoms with van der Waals surface area (Å²) in [5, 5.41) is 10.0. The second-order valence-electron chi connectivity index (χ2n) is 7.41. The second-order valence-corrected chi connectivity index (χ2v) is 7.41. The fourth-order valence-electron chi connectivity index (χ4n) is 4.13. The lowest BCUT2D eigenvalue weighted by Crippen LogP contribution is -2.52.